The Balaban J connectivity index is 2.75. The summed E-state index contributed by atoms with van der Waals surface area (Å²) in [6, 6.07) is 5.60. The first-order valence-corrected chi connectivity index (χ1v) is 6.74. The van der Waals surface area contributed by atoms with Crippen LogP contribution in [-0.2, 0) is 17.6 Å². The Morgan fingerprint density at radius 1 is 1.42 bits per heavy atom. The van der Waals surface area contributed by atoms with Gasteiger partial charge in [0.25, 0.3) is 0 Å². The zero-order valence-electron chi connectivity index (χ0n) is 11.5. The van der Waals surface area contributed by atoms with Gasteiger partial charge < -0.3 is 9.84 Å². The van der Waals surface area contributed by atoms with E-state index in [1.54, 1.807) is 0 Å². The van der Waals surface area contributed by atoms with Crippen LogP contribution in [0.15, 0.2) is 30.9 Å². The molecule has 3 nitrogen and oxygen atoms in total. The molecule has 0 unspecified atom stereocenters. The maximum atomic E-state index is 10.7. The molecule has 0 saturated carbocycles. The molecular formula is C16H22O3. The number of rotatable bonds is 9. The van der Waals surface area contributed by atoms with Crippen molar-refractivity contribution in [1.29, 1.82) is 0 Å². The molecule has 0 aliphatic carbocycles. The number of ether oxygens (including phenoxy) is 1. The molecule has 1 aromatic carbocycles. The van der Waals surface area contributed by atoms with E-state index in [9.17, 15) is 4.79 Å². The Hall–Kier alpha value is -1.77. The minimum Gasteiger partial charge on any atom is -0.493 e. The number of benzene rings is 1. The lowest BCUT2D eigenvalue weighted by Crippen LogP contribution is -2.04. The second-order valence-electron chi connectivity index (χ2n) is 4.56. The van der Waals surface area contributed by atoms with E-state index >= 15 is 0 Å². The number of unbranched alkanes of at least 4 members (excludes halogenated alkanes) is 2. The number of hydrogen-bond acceptors (Lipinski definition) is 2. The predicted octanol–water partition coefficient (Wildman–Crippen LogP) is 3.61. The fourth-order valence-electron chi connectivity index (χ4n) is 1.88. The van der Waals surface area contributed by atoms with Crippen LogP contribution in [0.5, 0.6) is 5.75 Å². The normalized spacial score (nSPS) is 10.2. The molecule has 1 aromatic rings. The van der Waals surface area contributed by atoms with E-state index in [-0.39, 0.29) is 6.42 Å². The Labute approximate surface area is 114 Å². The summed E-state index contributed by atoms with van der Waals surface area (Å²) in [7, 11) is 0. The Kier molecular flexibility index (Phi) is 6.72. The first-order valence-electron chi connectivity index (χ1n) is 6.74. The van der Waals surface area contributed by atoms with Gasteiger partial charge in [-0.15, -0.1) is 6.58 Å². The summed E-state index contributed by atoms with van der Waals surface area (Å²) in [6.45, 7) is 6.55. The maximum absolute atomic E-state index is 10.7. The van der Waals surface area contributed by atoms with Crippen LogP contribution in [0.1, 0.15) is 37.3 Å². The summed E-state index contributed by atoms with van der Waals surface area (Å²) in [5.74, 6) is -0.0387. The topological polar surface area (TPSA) is 46.5 Å². The third-order valence-corrected chi connectivity index (χ3v) is 2.86. The van der Waals surface area contributed by atoms with Crippen LogP contribution in [0.25, 0.3) is 0 Å². The largest absolute Gasteiger partial charge is 0.493 e. The molecule has 0 spiro atoms. The molecule has 0 aliphatic heterocycles. The average Bonchev–Trinajstić information content (AvgIpc) is 2.37. The molecule has 0 saturated heterocycles. The van der Waals surface area contributed by atoms with E-state index < -0.39 is 5.97 Å². The number of carbonyl (C=O) groups is 1. The van der Waals surface area contributed by atoms with Gasteiger partial charge in [-0.2, -0.15) is 0 Å². The summed E-state index contributed by atoms with van der Waals surface area (Å²) in [6.07, 6.45) is 5.90. The summed E-state index contributed by atoms with van der Waals surface area (Å²) in [4.78, 5) is 10.7. The smallest absolute Gasteiger partial charge is 0.307 e. The van der Waals surface area contributed by atoms with E-state index in [2.05, 4.69) is 13.5 Å². The quantitative estimate of drug-likeness (QED) is 0.546. The molecule has 1 rings (SSSR count). The summed E-state index contributed by atoms with van der Waals surface area (Å²) >= 11 is 0. The van der Waals surface area contributed by atoms with Crippen molar-refractivity contribution in [3.63, 3.8) is 0 Å². The van der Waals surface area contributed by atoms with Gasteiger partial charge in [0.05, 0.1) is 13.0 Å². The molecule has 104 valence electrons. The molecule has 0 atom stereocenters. The Morgan fingerprint density at radius 2 is 2.21 bits per heavy atom. The van der Waals surface area contributed by atoms with Crippen LogP contribution in [-0.4, -0.2) is 17.7 Å². The van der Waals surface area contributed by atoms with Crippen LogP contribution < -0.4 is 4.74 Å². The lowest BCUT2D eigenvalue weighted by molar-refractivity contribution is -0.136. The van der Waals surface area contributed by atoms with Crippen molar-refractivity contribution < 1.29 is 14.6 Å². The molecule has 0 aromatic heterocycles. The lowest BCUT2D eigenvalue weighted by atomic mass is 10.1. The highest BCUT2D eigenvalue weighted by atomic mass is 16.5. The molecule has 0 fully saturated rings. The molecule has 0 amide bonds. The maximum Gasteiger partial charge on any atom is 0.307 e. The van der Waals surface area contributed by atoms with E-state index in [1.807, 2.05) is 24.3 Å². The van der Waals surface area contributed by atoms with Gasteiger partial charge in [-0.25, -0.2) is 0 Å². The van der Waals surface area contributed by atoms with Crippen LogP contribution in [0.4, 0.5) is 0 Å². The van der Waals surface area contributed by atoms with Crippen molar-refractivity contribution in [2.24, 2.45) is 0 Å². The zero-order chi connectivity index (χ0) is 14.1. The van der Waals surface area contributed by atoms with Crippen molar-refractivity contribution in [1.82, 2.24) is 0 Å². The fourth-order valence-corrected chi connectivity index (χ4v) is 1.88. The minimum absolute atomic E-state index is 0.0275. The zero-order valence-corrected chi connectivity index (χ0v) is 11.5. The van der Waals surface area contributed by atoms with E-state index in [0.717, 1.165) is 42.6 Å². The second-order valence-corrected chi connectivity index (χ2v) is 4.56. The van der Waals surface area contributed by atoms with Crippen molar-refractivity contribution >= 4 is 5.97 Å². The number of hydrogen-bond donors (Lipinski definition) is 1. The van der Waals surface area contributed by atoms with Gasteiger partial charge >= 0.3 is 5.97 Å². The standard InChI is InChI=1S/C16H22O3/c1-3-5-6-10-19-15-11-13(12-16(17)18)8-9-14(15)7-4-2/h4,8-9,11H,2-3,5-7,10,12H2,1H3,(H,17,18). The molecule has 19 heavy (non-hydrogen) atoms. The van der Waals surface area contributed by atoms with Crippen LogP contribution in [0, 0.1) is 0 Å². The van der Waals surface area contributed by atoms with Gasteiger partial charge in [-0.3, -0.25) is 4.79 Å². The highest BCUT2D eigenvalue weighted by Gasteiger charge is 2.07. The van der Waals surface area contributed by atoms with E-state index in [1.165, 1.54) is 0 Å². The highest BCUT2D eigenvalue weighted by Crippen LogP contribution is 2.22. The van der Waals surface area contributed by atoms with Crippen molar-refractivity contribution in [3.05, 3.63) is 42.0 Å². The first kappa shape index (κ1) is 15.3. The molecule has 0 radical (unpaired) electrons. The molecule has 3 heteroatoms. The Bertz CT molecular complexity index is 424. The number of carboxylic acid groups (broad SMARTS) is 1. The average molecular weight is 262 g/mol. The van der Waals surface area contributed by atoms with Crippen molar-refractivity contribution in [2.45, 2.75) is 39.0 Å². The summed E-state index contributed by atoms with van der Waals surface area (Å²) in [5, 5.41) is 8.82. The van der Waals surface area contributed by atoms with Gasteiger partial charge in [-0.05, 0) is 30.0 Å². The van der Waals surface area contributed by atoms with Crippen LogP contribution in [0.3, 0.4) is 0 Å². The molecule has 0 heterocycles. The molecular weight excluding hydrogens is 240 g/mol. The second kappa shape index (κ2) is 8.35. The SMILES string of the molecule is C=CCc1ccc(CC(=O)O)cc1OCCCCC. The monoisotopic (exact) mass is 262 g/mol. The molecule has 1 N–H and O–H groups in total. The molecule has 0 bridgehead atoms. The third-order valence-electron chi connectivity index (χ3n) is 2.86. The van der Waals surface area contributed by atoms with E-state index in [0.29, 0.717) is 6.61 Å². The number of aliphatic carboxylic acids is 1. The first-order chi connectivity index (χ1) is 9.17. The van der Waals surface area contributed by atoms with Crippen molar-refractivity contribution in [2.75, 3.05) is 6.61 Å². The van der Waals surface area contributed by atoms with Crippen LogP contribution in [0.2, 0.25) is 0 Å². The van der Waals surface area contributed by atoms with Crippen LogP contribution >= 0.6 is 0 Å². The van der Waals surface area contributed by atoms with Gasteiger partial charge in [-0.1, -0.05) is 38.0 Å². The summed E-state index contributed by atoms with van der Waals surface area (Å²) in [5.41, 5.74) is 1.83. The highest BCUT2D eigenvalue weighted by molar-refractivity contribution is 5.70. The number of carboxylic acids is 1. The predicted molar refractivity (Wildman–Crippen MR) is 76.7 cm³/mol. The third kappa shape index (κ3) is 5.60. The van der Waals surface area contributed by atoms with Gasteiger partial charge in [0, 0.05) is 0 Å². The molecule has 0 aliphatic rings. The van der Waals surface area contributed by atoms with Crippen molar-refractivity contribution in [3.8, 4) is 5.75 Å². The van der Waals surface area contributed by atoms with Gasteiger partial charge in [0.1, 0.15) is 5.75 Å². The fraction of sp³-hybridized carbons (Fsp3) is 0.438. The lowest BCUT2D eigenvalue weighted by Gasteiger charge is -2.12. The van der Waals surface area contributed by atoms with Gasteiger partial charge in [0.15, 0.2) is 0 Å². The summed E-state index contributed by atoms with van der Waals surface area (Å²) < 4.78 is 5.77. The number of allylic oxidation sites excluding steroid dienone is 1. The minimum atomic E-state index is -0.826. The van der Waals surface area contributed by atoms with E-state index in [4.69, 9.17) is 9.84 Å². The van der Waals surface area contributed by atoms with Gasteiger partial charge in [0.2, 0.25) is 0 Å². The Morgan fingerprint density at radius 3 is 2.84 bits per heavy atom.